The lowest BCUT2D eigenvalue weighted by Gasteiger charge is -2.36. The van der Waals surface area contributed by atoms with Gasteiger partial charge < -0.3 is 27.5 Å². The highest BCUT2D eigenvalue weighted by Gasteiger charge is 2.46. The Bertz CT molecular complexity index is 265. The Labute approximate surface area is 115 Å². The predicted octanol–water partition coefficient (Wildman–Crippen LogP) is 0.831. The Balaban J connectivity index is 2.04. The smallest absolute Gasteiger partial charge is 0.377 e. The molecule has 0 radical (unpaired) electrons. The van der Waals surface area contributed by atoms with Crippen LogP contribution in [0, 0.1) is 0 Å². The molecule has 0 aromatic carbocycles. The van der Waals surface area contributed by atoms with Gasteiger partial charge >= 0.3 is 8.80 Å². The van der Waals surface area contributed by atoms with Crippen molar-refractivity contribution in [2.45, 2.75) is 25.5 Å². The highest BCUT2D eigenvalue weighted by molar-refractivity contribution is 6.62. The van der Waals surface area contributed by atoms with Crippen molar-refractivity contribution in [2.75, 3.05) is 52.9 Å². The standard InChI is InChI=1S/C12H24O6Si/c1-11(2)19-16-7-5-13-3-4-14-9-12(10-18-19)15-6-8-17-19/h11-12H,3-10H2,1-2H3. The summed E-state index contributed by atoms with van der Waals surface area (Å²) >= 11 is 0. The van der Waals surface area contributed by atoms with Crippen LogP contribution in [0.15, 0.2) is 0 Å². The van der Waals surface area contributed by atoms with Crippen molar-refractivity contribution in [1.29, 1.82) is 0 Å². The Morgan fingerprint density at radius 3 is 2.26 bits per heavy atom. The minimum Gasteiger partial charge on any atom is -0.377 e. The Hall–Kier alpha value is -0.0231. The molecule has 0 saturated carbocycles. The Morgan fingerprint density at radius 2 is 1.47 bits per heavy atom. The average molecular weight is 292 g/mol. The van der Waals surface area contributed by atoms with E-state index >= 15 is 0 Å². The molecule has 2 fully saturated rings. The summed E-state index contributed by atoms with van der Waals surface area (Å²) in [5, 5.41) is 0. The minimum atomic E-state index is -2.64. The molecular formula is C12H24O6Si. The molecule has 0 N–H and O–H groups in total. The van der Waals surface area contributed by atoms with Crippen molar-refractivity contribution in [3.8, 4) is 0 Å². The number of hydrogen-bond donors (Lipinski definition) is 0. The molecule has 2 heterocycles. The van der Waals surface area contributed by atoms with Crippen LogP contribution in [0.25, 0.3) is 0 Å². The van der Waals surface area contributed by atoms with E-state index in [9.17, 15) is 0 Å². The van der Waals surface area contributed by atoms with Gasteiger partial charge in [-0.05, 0) is 0 Å². The third kappa shape index (κ3) is 4.49. The number of hydrogen-bond acceptors (Lipinski definition) is 6. The Morgan fingerprint density at radius 1 is 0.789 bits per heavy atom. The van der Waals surface area contributed by atoms with Crippen molar-refractivity contribution in [3.63, 3.8) is 0 Å². The topological polar surface area (TPSA) is 55.4 Å². The molecule has 0 aromatic rings. The summed E-state index contributed by atoms with van der Waals surface area (Å²) in [6.45, 7) is 8.38. The van der Waals surface area contributed by atoms with Crippen LogP contribution < -0.4 is 0 Å². The van der Waals surface area contributed by atoms with E-state index in [-0.39, 0.29) is 11.6 Å². The lowest BCUT2D eigenvalue weighted by molar-refractivity contribution is -0.0996. The van der Waals surface area contributed by atoms with Gasteiger partial charge in [-0.3, -0.25) is 0 Å². The van der Waals surface area contributed by atoms with Crippen molar-refractivity contribution in [2.24, 2.45) is 0 Å². The lowest BCUT2D eigenvalue weighted by atomic mass is 10.4. The molecule has 0 aliphatic carbocycles. The summed E-state index contributed by atoms with van der Waals surface area (Å²) in [4.78, 5) is 0. The number of rotatable bonds is 1. The molecule has 2 atom stereocenters. The number of ether oxygens (including phenoxy) is 3. The molecule has 2 bridgehead atoms. The Kier molecular flexibility index (Phi) is 6.21. The third-order valence-corrected chi connectivity index (χ3v) is 6.32. The molecule has 6 nitrogen and oxygen atoms in total. The van der Waals surface area contributed by atoms with E-state index < -0.39 is 8.80 Å². The molecule has 2 saturated heterocycles. The first-order valence-electron chi connectivity index (χ1n) is 6.92. The highest BCUT2D eigenvalue weighted by Crippen LogP contribution is 2.26. The van der Waals surface area contributed by atoms with Crippen LogP contribution in [0.5, 0.6) is 0 Å². The van der Waals surface area contributed by atoms with Gasteiger partial charge in [0.2, 0.25) is 0 Å². The maximum absolute atomic E-state index is 6.00. The van der Waals surface area contributed by atoms with Gasteiger partial charge in [-0.15, -0.1) is 0 Å². The minimum absolute atomic E-state index is 0.0578. The first kappa shape index (κ1) is 15.4. The maximum atomic E-state index is 6.00. The van der Waals surface area contributed by atoms with Gasteiger partial charge in [-0.25, -0.2) is 0 Å². The zero-order chi connectivity index (χ0) is 13.6. The number of fused-ring (bicyclic) bond motifs is 3. The van der Waals surface area contributed by atoms with E-state index in [2.05, 4.69) is 13.8 Å². The first-order chi connectivity index (χ1) is 9.23. The second kappa shape index (κ2) is 7.68. The molecule has 112 valence electrons. The van der Waals surface area contributed by atoms with Crippen LogP contribution in [-0.2, 0) is 27.5 Å². The second-order valence-electron chi connectivity index (χ2n) is 4.95. The normalized spacial score (nSPS) is 35.2. The van der Waals surface area contributed by atoms with E-state index in [1.807, 2.05) is 0 Å². The fourth-order valence-electron chi connectivity index (χ4n) is 2.05. The molecule has 0 amide bonds. The fourth-order valence-corrected chi connectivity index (χ4v) is 4.46. The molecule has 2 aliphatic heterocycles. The van der Waals surface area contributed by atoms with E-state index in [4.69, 9.17) is 27.5 Å². The van der Waals surface area contributed by atoms with Crippen molar-refractivity contribution >= 4 is 8.80 Å². The van der Waals surface area contributed by atoms with E-state index in [0.717, 1.165) is 0 Å². The summed E-state index contributed by atoms with van der Waals surface area (Å²) in [6, 6.07) is 0. The van der Waals surface area contributed by atoms with Crippen LogP contribution in [0.2, 0.25) is 5.54 Å². The maximum Gasteiger partial charge on any atom is 0.503 e. The zero-order valence-electron chi connectivity index (χ0n) is 11.8. The predicted molar refractivity (Wildman–Crippen MR) is 70.1 cm³/mol. The second-order valence-corrected chi connectivity index (χ2v) is 8.17. The van der Waals surface area contributed by atoms with Gasteiger partial charge in [0.05, 0.1) is 52.9 Å². The summed E-state index contributed by atoms with van der Waals surface area (Å²) in [5.41, 5.74) is 0.218. The van der Waals surface area contributed by atoms with Crippen molar-refractivity contribution < 1.29 is 27.5 Å². The lowest BCUT2D eigenvalue weighted by Crippen LogP contribution is -2.53. The monoisotopic (exact) mass is 292 g/mol. The molecule has 2 rings (SSSR count). The molecule has 0 spiro atoms. The SMILES string of the molecule is CC(C)[Si]12OCCOCCOCC(CO1)OCCO2. The van der Waals surface area contributed by atoms with Crippen molar-refractivity contribution in [1.82, 2.24) is 0 Å². The molecule has 0 aromatic heterocycles. The largest absolute Gasteiger partial charge is 0.503 e. The summed E-state index contributed by atoms with van der Waals surface area (Å²) in [7, 11) is -2.64. The average Bonchev–Trinajstić information content (AvgIpc) is 2.36. The van der Waals surface area contributed by atoms with Crippen molar-refractivity contribution in [3.05, 3.63) is 0 Å². The van der Waals surface area contributed by atoms with Crippen LogP contribution in [0.1, 0.15) is 13.8 Å². The van der Waals surface area contributed by atoms with Gasteiger partial charge in [-0.1, -0.05) is 13.8 Å². The first-order valence-corrected chi connectivity index (χ1v) is 8.72. The van der Waals surface area contributed by atoms with Gasteiger partial charge in [0.25, 0.3) is 0 Å². The summed E-state index contributed by atoms with van der Waals surface area (Å²) in [6.07, 6.45) is -0.0578. The molecule has 2 unspecified atom stereocenters. The molecular weight excluding hydrogens is 268 g/mol. The summed E-state index contributed by atoms with van der Waals surface area (Å²) < 4.78 is 34.5. The van der Waals surface area contributed by atoms with Gasteiger partial charge in [0.15, 0.2) is 0 Å². The van der Waals surface area contributed by atoms with Crippen LogP contribution >= 0.6 is 0 Å². The van der Waals surface area contributed by atoms with Crippen LogP contribution in [0.3, 0.4) is 0 Å². The molecule has 7 heteroatoms. The van der Waals surface area contributed by atoms with Gasteiger partial charge in [-0.2, -0.15) is 0 Å². The summed E-state index contributed by atoms with van der Waals surface area (Å²) in [5.74, 6) is 0. The van der Waals surface area contributed by atoms with E-state index in [1.54, 1.807) is 0 Å². The third-order valence-electron chi connectivity index (χ3n) is 3.12. The quantitative estimate of drug-likeness (QED) is 0.667. The van der Waals surface area contributed by atoms with E-state index in [1.165, 1.54) is 0 Å². The van der Waals surface area contributed by atoms with E-state index in [0.29, 0.717) is 52.9 Å². The van der Waals surface area contributed by atoms with Crippen LogP contribution in [0.4, 0.5) is 0 Å². The fraction of sp³-hybridized carbons (Fsp3) is 1.00. The van der Waals surface area contributed by atoms with Crippen LogP contribution in [-0.4, -0.2) is 67.8 Å². The molecule has 2 aliphatic rings. The van der Waals surface area contributed by atoms with Gasteiger partial charge in [0.1, 0.15) is 6.10 Å². The molecule has 19 heavy (non-hydrogen) atoms. The van der Waals surface area contributed by atoms with Gasteiger partial charge in [0, 0.05) is 5.54 Å². The highest BCUT2D eigenvalue weighted by atomic mass is 28.4. The zero-order valence-corrected chi connectivity index (χ0v) is 12.8.